The van der Waals surface area contributed by atoms with Crippen LogP contribution in [0.15, 0.2) is 36.7 Å². The molecule has 0 saturated heterocycles. The minimum atomic E-state index is -0.188. The van der Waals surface area contributed by atoms with Crippen LogP contribution in [0.5, 0.6) is 0 Å². The van der Waals surface area contributed by atoms with Crippen molar-refractivity contribution in [2.75, 3.05) is 0 Å². The normalized spacial score (nSPS) is 12.9. The summed E-state index contributed by atoms with van der Waals surface area (Å²) in [4.78, 5) is 0. The first kappa shape index (κ1) is 13.8. The average Bonchev–Trinajstić information content (AvgIpc) is 2.81. The fourth-order valence-corrected chi connectivity index (χ4v) is 2.15. The predicted octanol–water partition coefficient (Wildman–Crippen LogP) is 3.64. The molecule has 1 unspecified atom stereocenters. The highest BCUT2D eigenvalue weighted by Gasteiger charge is 2.11. The molecule has 0 bridgehead atoms. The average molecular weight is 260 g/mol. The highest BCUT2D eigenvalue weighted by atomic mass is 19.1. The second kappa shape index (κ2) is 5.57. The lowest BCUT2D eigenvalue weighted by Crippen LogP contribution is -2.15. The molecule has 0 spiro atoms. The molecule has 0 aliphatic heterocycles. The molecule has 2 nitrogen and oxygen atoms in total. The number of nitrogens with two attached hydrogens (primary N) is 1. The van der Waals surface area contributed by atoms with E-state index in [9.17, 15) is 4.39 Å². The molecule has 1 heterocycles. The lowest BCUT2D eigenvalue weighted by molar-refractivity contribution is 0.513. The van der Waals surface area contributed by atoms with Crippen LogP contribution in [0.25, 0.3) is 0 Å². The van der Waals surface area contributed by atoms with Crippen molar-refractivity contribution in [3.8, 4) is 0 Å². The number of aromatic nitrogens is 1. The smallest absolute Gasteiger partial charge is 0.123 e. The summed E-state index contributed by atoms with van der Waals surface area (Å²) >= 11 is 0. The van der Waals surface area contributed by atoms with Gasteiger partial charge in [-0.3, -0.25) is 0 Å². The van der Waals surface area contributed by atoms with E-state index in [1.165, 1.54) is 6.07 Å². The highest BCUT2D eigenvalue weighted by Crippen LogP contribution is 2.20. The van der Waals surface area contributed by atoms with E-state index in [1.54, 1.807) is 6.07 Å². The summed E-state index contributed by atoms with van der Waals surface area (Å²) in [6, 6.07) is 7.00. The number of halogens is 1. The fraction of sp³-hybridized carbons (Fsp3) is 0.375. The van der Waals surface area contributed by atoms with E-state index in [4.69, 9.17) is 5.73 Å². The Morgan fingerprint density at radius 1 is 1.26 bits per heavy atom. The molecule has 1 aromatic carbocycles. The molecule has 102 valence electrons. The summed E-state index contributed by atoms with van der Waals surface area (Å²) in [6.45, 7) is 6.89. The maximum absolute atomic E-state index is 13.3. The van der Waals surface area contributed by atoms with Gasteiger partial charge in [-0.25, -0.2) is 4.39 Å². The molecule has 3 heteroatoms. The number of hydrogen-bond donors (Lipinski definition) is 1. The quantitative estimate of drug-likeness (QED) is 0.894. The molecule has 19 heavy (non-hydrogen) atoms. The highest BCUT2D eigenvalue weighted by molar-refractivity contribution is 5.27. The van der Waals surface area contributed by atoms with Crippen LogP contribution in [-0.2, 0) is 6.54 Å². The molecule has 0 aliphatic carbocycles. The van der Waals surface area contributed by atoms with Crippen LogP contribution in [0.1, 0.15) is 36.6 Å². The SMILES string of the molecule is Cc1ccc(F)cc1Cn1ccc(C(N)C(C)C)c1. The van der Waals surface area contributed by atoms with Gasteiger partial charge in [-0.15, -0.1) is 0 Å². The van der Waals surface area contributed by atoms with Crippen LogP contribution in [-0.4, -0.2) is 4.57 Å². The Morgan fingerprint density at radius 3 is 2.68 bits per heavy atom. The van der Waals surface area contributed by atoms with Gasteiger partial charge in [0.2, 0.25) is 0 Å². The predicted molar refractivity (Wildman–Crippen MR) is 76.4 cm³/mol. The molecule has 0 radical (unpaired) electrons. The van der Waals surface area contributed by atoms with Crippen molar-refractivity contribution >= 4 is 0 Å². The van der Waals surface area contributed by atoms with Gasteiger partial charge in [0, 0.05) is 25.0 Å². The van der Waals surface area contributed by atoms with E-state index in [1.807, 2.05) is 25.3 Å². The van der Waals surface area contributed by atoms with Gasteiger partial charge in [0.15, 0.2) is 0 Å². The first-order valence-electron chi connectivity index (χ1n) is 6.63. The van der Waals surface area contributed by atoms with E-state index in [-0.39, 0.29) is 11.9 Å². The minimum absolute atomic E-state index is 0.0508. The first-order valence-corrected chi connectivity index (χ1v) is 6.63. The van der Waals surface area contributed by atoms with E-state index in [2.05, 4.69) is 24.6 Å². The zero-order valence-electron chi connectivity index (χ0n) is 11.7. The summed E-state index contributed by atoms with van der Waals surface area (Å²) in [5.41, 5.74) is 9.36. The molecule has 0 aliphatic rings. The van der Waals surface area contributed by atoms with E-state index >= 15 is 0 Å². The molecule has 1 aromatic heterocycles. The van der Waals surface area contributed by atoms with Gasteiger partial charge in [-0.2, -0.15) is 0 Å². The van der Waals surface area contributed by atoms with Crippen molar-refractivity contribution in [2.45, 2.75) is 33.4 Å². The first-order chi connectivity index (χ1) is 8.97. The Kier molecular flexibility index (Phi) is 4.05. The number of nitrogens with zero attached hydrogens (tertiary/aromatic N) is 1. The van der Waals surface area contributed by atoms with Gasteiger partial charge in [0.25, 0.3) is 0 Å². The Bertz CT molecular complexity index is 558. The van der Waals surface area contributed by atoms with Gasteiger partial charge in [0.1, 0.15) is 5.82 Å². The van der Waals surface area contributed by atoms with Crippen LogP contribution in [0.2, 0.25) is 0 Å². The molecule has 2 rings (SSSR count). The van der Waals surface area contributed by atoms with E-state index in [0.29, 0.717) is 12.5 Å². The summed E-state index contributed by atoms with van der Waals surface area (Å²) in [6.07, 6.45) is 4.05. The lowest BCUT2D eigenvalue weighted by Gasteiger charge is -2.13. The lowest BCUT2D eigenvalue weighted by atomic mass is 10.00. The number of aryl methyl sites for hydroxylation is 1. The molecule has 2 N–H and O–H groups in total. The fourth-order valence-electron chi connectivity index (χ4n) is 2.15. The molecule has 0 fully saturated rings. The maximum Gasteiger partial charge on any atom is 0.123 e. The minimum Gasteiger partial charge on any atom is -0.350 e. The second-order valence-electron chi connectivity index (χ2n) is 5.46. The van der Waals surface area contributed by atoms with Crippen molar-refractivity contribution in [1.29, 1.82) is 0 Å². The van der Waals surface area contributed by atoms with Gasteiger partial charge in [-0.05, 0) is 47.7 Å². The molecule has 2 aromatic rings. The van der Waals surface area contributed by atoms with E-state index < -0.39 is 0 Å². The van der Waals surface area contributed by atoms with Crippen LogP contribution >= 0.6 is 0 Å². The molecule has 0 saturated carbocycles. The van der Waals surface area contributed by atoms with Crippen LogP contribution < -0.4 is 5.73 Å². The number of hydrogen-bond acceptors (Lipinski definition) is 1. The van der Waals surface area contributed by atoms with Crippen molar-refractivity contribution in [3.05, 3.63) is 59.2 Å². The van der Waals surface area contributed by atoms with Crippen molar-refractivity contribution in [1.82, 2.24) is 4.57 Å². The largest absolute Gasteiger partial charge is 0.350 e. The third kappa shape index (κ3) is 3.24. The summed E-state index contributed by atoms with van der Waals surface area (Å²) in [5.74, 6) is 0.221. The maximum atomic E-state index is 13.3. The zero-order valence-corrected chi connectivity index (χ0v) is 11.7. The Hall–Kier alpha value is -1.61. The van der Waals surface area contributed by atoms with Crippen LogP contribution in [0.3, 0.4) is 0 Å². The third-order valence-electron chi connectivity index (χ3n) is 3.54. The summed E-state index contributed by atoms with van der Waals surface area (Å²) in [7, 11) is 0. The molecular formula is C16H21FN2. The third-order valence-corrected chi connectivity index (χ3v) is 3.54. The summed E-state index contributed by atoms with van der Waals surface area (Å²) in [5, 5.41) is 0. The Morgan fingerprint density at radius 2 is 2.00 bits per heavy atom. The molecular weight excluding hydrogens is 239 g/mol. The monoisotopic (exact) mass is 260 g/mol. The van der Waals surface area contributed by atoms with Crippen LogP contribution in [0, 0.1) is 18.7 Å². The van der Waals surface area contributed by atoms with Crippen molar-refractivity contribution in [3.63, 3.8) is 0 Å². The van der Waals surface area contributed by atoms with Gasteiger partial charge < -0.3 is 10.3 Å². The van der Waals surface area contributed by atoms with Gasteiger partial charge in [0.05, 0.1) is 0 Å². The molecule has 1 atom stereocenters. The summed E-state index contributed by atoms with van der Waals surface area (Å²) < 4.78 is 15.3. The second-order valence-corrected chi connectivity index (χ2v) is 5.46. The van der Waals surface area contributed by atoms with Crippen molar-refractivity contribution in [2.24, 2.45) is 11.7 Å². The topological polar surface area (TPSA) is 30.9 Å². The van der Waals surface area contributed by atoms with Crippen molar-refractivity contribution < 1.29 is 4.39 Å². The van der Waals surface area contributed by atoms with Gasteiger partial charge >= 0.3 is 0 Å². The van der Waals surface area contributed by atoms with E-state index in [0.717, 1.165) is 16.7 Å². The Balaban J connectivity index is 2.18. The number of benzene rings is 1. The molecule has 0 amide bonds. The zero-order chi connectivity index (χ0) is 14.0. The Labute approximate surface area is 114 Å². The van der Waals surface area contributed by atoms with Crippen LogP contribution in [0.4, 0.5) is 4.39 Å². The standard InChI is InChI=1S/C16H21FN2/c1-11(2)16(18)13-6-7-19(9-13)10-14-8-15(17)5-4-12(14)3/h4-9,11,16H,10,18H2,1-3H3. The van der Waals surface area contributed by atoms with Gasteiger partial charge in [-0.1, -0.05) is 19.9 Å². The number of rotatable bonds is 4.